The summed E-state index contributed by atoms with van der Waals surface area (Å²) in [6, 6.07) is 3.90. The lowest BCUT2D eigenvalue weighted by Crippen LogP contribution is -1.89. The highest BCUT2D eigenvalue weighted by Crippen LogP contribution is 2.36. The SMILES string of the molecule is Nc1nccc2scc(-c3ccoc3)c12. The molecule has 0 unspecified atom stereocenters. The molecule has 0 saturated heterocycles. The van der Waals surface area contributed by atoms with Crippen LogP contribution in [-0.4, -0.2) is 4.98 Å². The fourth-order valence-corrected chi connectivity index (χ4v) is 2.61. The van der Waals surface area contributed by atoms with Crippen LogP contribution in [0.5, 0.6) is 0 Å². The summed E-state index contributed by atoms with van der Waals surface area (Å²) in [5, 5.41) is 3.09. The Morgan fingerprint density at radius 1 is 1.33 bits per heavy atom. The summed E-state index contributed by atoms with van der Waals surface area (Å²) >= 11 is 1.66. The van der Waals surface area contributed by atoms with Gasteiger partial charge >= 0.3 is 0 Å². The minimum Gasteiger partial charge on any atom is -0.472 e. The van der Waals surface area contributed by atoms with Crippen LogP contribution >= 0.6 is 11.3 Å². The molecule has 15 heavy (non-hydrogen) atoms. The molecule has 3 aromatic rings. The summed E-state index contributed by atoms with van der Waals surface area (Å²) in [5.41, 5.74) is 8.01. The van der Waals surface area contributed by atoms with Crippen molar-refractivity contribution in [3.63, 3.8) is 0 Å². The summed E-state index contributed by atoms with van der Waals surface area (Å²) in [4.78, 5) is 4.10. The summed E-state index contributed by atoms with van der Waals surface area (Å²) < 4.78 is 6.22. The topological polar surface area (TPSA) is 52.0 Å². The van der Waals surface area contributed by atoms with Gasteiger partial charge in [0.1, 0.15) is 5.82 Å². The number of hydrogen-bond donors (Lipinski definition) is 1. The van der Waals surface area contributed by atoms with Crippen molar-refractivity contribution in [1.29, 1.82) is 0 Å². The molecule has 2 N–H and O–H groups in total. The molecule has 0 saturated carbocycles. The zero-order valence-corrected chi connectivity index (χ0v) is 8.62. The minimum absolute atomic E-state index is 0.574. The summed E-state index contributed by atoms with van der Waals surface area (Å²) in [7, 11) is 0. The molecule has 4 heteroatoms. The molecule has 3 heterocycles. The maximum absolute atomic E-state index is 5.87. The first-order valence-electron chi connectivity index (χ1n) is 4.50. The molecule has 3 aromatic heterocycles. The highest BCUT2D eigenvalue weighted by molar-refractivity contribution is 7.17. The minimum atomic E-state index is 0.574. The zero-order chi connectivity index (χ0) is 10.3. The van der Waals surface area contributed by atoms with Crippen LogP contribution in [0.15, 0.2) is 40.7 Å². The van der Waals surface area contributed by atoms with Crippen LogP contribution in [0, 0.1) is 0 Å². The number of nitrogens with two attached hydrogens (primary N) is 1. The first-order chi connectivity index (χ1) is 7.36. The van der Waals surface area contributed by atoms with Gasteiger partial charge in [0.25, 0.3) is 0 Å². The van der Waals surface area contributed by atoms with Crippen LogP contribution in [0.2, 0.25) is 0 Å². The Morgan fingerprint density at radius 2 is 2.27 bits per heavy atom. The Bertz CT molecular complexity index is 598. The molecule has 74 valence electrons. The molecule has 3 nitrogen and oxygen atoms in total. The Kier molecular flexibility index (Phi) is 1.76. The lowest BCUT2D eigenvalue weighted by molar-refractivity contribution is 0.568. The predicted molar refractivity (Wildman–Crippen MR) is 61.7 cm³/mol. The van der Waals surface area contributed by atoms with E-state index in [0.717, 1.165) is 21.2 Å². The Morgan fingerprint density at radius 3 is 3.07 bits per heavy atom. The molecule has 0 amide bonds. The number of furan rings is 1. The smallest absolute Gasteiger partial charge is 0.132 e. The molecule has 0 aliphatic carbocycles. The number of anilines is 1. The lowest BCUT2D eigenvalue weighted by Gasteiger charge is -1.97. The van der Waals surface area contributed by atoms with Crippen molar-refractivity contribution < 1.29 is 4.42 Å². The van der Waals surface area contributed by atoms with E-state index in [9.17, 15) is 0 Å². The number of hydrogen-bond acceptors (Lipinski definition) is 4. The molecule has 0 aromatic carbocycles. The molecule has 0 radical (unpaired) electrons. The van der Waals surface area contributed by atoms with Gasteiger partial charge in [-0.05, 0) is 12.1 Å². The van der Waals surface area contributed by atoms with Crippen LogP contribution in [0.25, 0.3) is 21.2 Å². The maximum Gasteiger partial charge on any atom is 0.132 e. The molecule has 3 rings (SSSR count). The van der Waals surface area contributed by atoms with Gasteiger partial charge in [0, 0.05) is 32.8 Å². The maximum atomic E-state index is 5.87. The third kappa shape index (κ3) is 1.22. The second kappa shape index (κ2) is 3.10. The standard InChI is InChI=1S/C11H8N2OS/c12-11-10-8(7-2-4-14-5-7)6-15-9(10)1-3-13-11/h1-6H,(H2,12,13). The van der Waals surface area contributed by atoms with Crippen molar-refractivity contribution in [3.8, 4) is 11.1 Å². The van der Waals surface area contributed by atoms with Gasteiger partial charge in [-0.15, -0.1) is 11.3 Å². The number of rotatable bonds is 1. The fraction of sp³-hybridized carbons (Fsp3) is 0. The number of thiophene rings is 1. The fourth-order valence-electron chi connectivity index (χ4n) is 1.64. The molecule has 0 aliphatic heterocycles. The molecule has 0 spiro atoms. The number of aromatic nitrogens is 1. The van der Waals surface area contributed by atoms with Gasteiger partial charge in [-0.25, -0.2) is 4.98 Å². The largest absolute Gasteiger partial charge is 0.472 e. The third-order valence-corrected chi connectivity index (χ3v) is 3.30. The van der Waals surface area contributed by atoms with E-state index in [1.54, 1.807) is 30.1 Å². The van der Waals surface area contributed by atoms with E-state index in [-0.39, 0.29) is 0 Å². The molecule has 0 atom stereocenters. The molecule has 0 bridgehead atoms. The average molecular weight is 216 g/mol. The lowest BCUT2D eigenvalue weighted by atomic mass is 10.1. The molecular weight excluding hydrogens is 208 g/mol. The van der Waals surface area contributed by atoms with E-state index in [4.69, 9.17) is 10.2 Å². The highest BCUT2D eigenvalue weighted by atomic mass is 32.1. The van der Waals surface area contributed by atoms with Crippen molar-refractivity contribution in [1.82, 2.24) is 4.98 Å². The Labute approximate surface area is 90.2 Å². The van der Waals surface area contributed by atoms with Crippen LogP contribution < -0.4 is 5.73 Å². The van der Waals surface area contributed by atoms with Crippen molar-refractivity contribution in [2.75, 3.05) is 5.73 Å². The highest BCUT2D eigenvalue weighted by Gasteiger charge is 2.10. The number of pyridine rings is 1. The monoisotopic (exact) mass is 216 g/mol. The van der Waals surface area contributed by atoms with Gasteiger partial charge in [0.05, 0.1) is 12.5 Å². The average Bonchev–Trinajstić information content (AvgIpc) is 2.85. The second-order valence-corrected chi connectivity index (χ2v) is 4.14. The first kappa shape index (κ1) is 8.49. The van der Waals surface area contributed by atoms with Crippen LogP contribution in [-0.2, 0) is 0 Å². The number of fused-ring (bicyclic) bond motifs is 1. The summed E-state index contributed by atoms with van der Waals surface area (Å²) in [5.74, 6) is 0.574. The summed E-state index contributed by atoms with van der Waals surface area (Å²) in [6.07, 6.45) is 5.10. The van der Waals surface area contributed by atoms with Crippen molar-refractivity contribution >= 4 is 27.2 Å². The second-order valence-electron chi connectivity index (χ2n) is 3.23. The number of nitrogen functional groups attached to an aromatic ring is 1. The van der Waals surface area contributed by atoms with Crippen LogP contribution in [0.1, 0.15) is 0 Å². The summed E-state index contributed by atoms with van der Waals surface area (Å²) in [6.45, 7) is 0. The van der Waals surface area contributed by atoms with E-state index < -0.39 is 0 Å². The van der Waals surface area contributed by atoms with Crippen molar-refractivity contribution in [2.24, 2.45) is 0 Å². The first-order valence-corrected chi connectivity index (χ1v) is 5.38. The van der Waals surface area contributed by atoms with E-state index in [1.165, 1.54) is 0 Å². The Hall–Kier alpha value is -1.81. The van der Waals surface area contributed by atoms with Crippen LogP contribution in [0.3, 0.4) is 0 Å². The van der Waals surface area contributed by atoms with E-state index >= 15 is 0 Å². The normalized spacial score (nSPS) is 10.9. The van der Waals surface area contributed by atoms with Gasteiger partial charge in [-0.3, -0.25) is 0 Å². The third-order valence-electron chi connectivity index (χ3n) is 2.35. The van der Waals surface area contributed by atoms with Gasteiger partial charge in [0.15, 0.2) is 0 Å². The van der Waals surface area contributed by atoms with E-state index in [2.05, 4.69) is 10.4 Å². The molecule has 0 aliphatic rings. The van der Waals surface area contributed by atoms with E-state index in [0.29, 0.717) is 5.82 Å². The predicted octanol–water partition coefficient (Wildman–Crippen LogP) is 3.14. The van der Waals surface area contributed by atoms with E-state index in [1.807, 2.05) is 12.1 Å². The van der Waals surface area contributed by atoms with Gasteiger partial charge in [-0.1, -0.05) is 0 Å². The zero-order valence-electron chi connectivity index (χ0n) is 7.81. The van der Waals surface area contributed by atoms with Gasteiger partial charge in [0.2, 0.25) is 0 Å². The Balaban J connectivity index is 2.37. The van der Waals surface area contributed by atoms with Gasteiger partial charge in [-0.2, -0.15) is 0 Å². The van der Waals surface area contributed by atoms with Crippen LogP contribution in [0.4, 0.5) is 5.82 Å². The van der Waals surface area contributed by atoms with Crippen molar-refractivity contribution in [2.45, 2.75) is 0 Å². The molecular formula is C11H8N2OS. The number of nitrogens with zero attached hydrogens (tertiary/aromatic N) is 1. The quantitative estimate of drug-likeness (QED) is 0.679. The molecule has 0 fully saturated rings. The van der Waals surface area contributed by atoms with Crippen molar-refractivity contribution in [3.05, 3.63) is 36.2 Å². The van der Waals surface area contributed by atoms with Gasteiger partial charge < -0.3 is 10.2 Å².